The molecular weight excluding hydrogens is 420 g/mol. The molecule has 0 fully saturated rings. The number of amides is 1. The lowest BCUT2D eigenvalue weighted by Crippen LogP contribution is -2.23. The van der Waals surface area contributed by atoms with E-state index in [0.29, 0.717) is 34.0 Å². The van der Waals surface area contributed by atoms with Crippen molar-refractivity contribution in [1.29, 1.82) is 0 Å². The van der Waals surface area contributed by atoms with Crippen molar-refractivity contribution in [3.63, 3.8) is 0 Å². The number of halogens is 1. The molecule has 4 rings (SSSR count). The Balaban J connectivity index is 1.55. The number of thioether (sulfide) groups is 1. The van der Waals surface area contributed by atoms with Gasteiger partial charge in [-0.3, -0.25) is 9.36 Å². The van der Waals surface area contributed by atoms with Gasteiger partial charge in [-0.25, -0.2) is 0 Å². The van der Waals surface area contributed by atoms with E-state index < -0.39 is 0 Å². The lowest BCUT2D eigenvalue weighted by atomic mass is 10.2. The number of carbonyl (C=O) groups is 1. The average molecular weight is 439 g/mol. The summed E-state index contributed by atoms with van der Waals surface area (Å²) in [5.74, 6) is 1.12. The summed E-state index contributed by atoms with van der Waals surface area (Å²) >= 11 is 7.25. The third-order valence-electron chi connectivity index (χ3n) is 4.41. The van der Waals surface area contributed by atoms with Crippen LogP contribution in [0.5, 0.6) is 0 Å². The minimum absolute atomic E-state index is 0.129. The molecule has 0 aliphatic rings. The van der Waals surface area contributed by atoms with Crippen LogP contribution in [-0.4, -0.2) is 25.9 Å². The number of nitrogens with zero attached hydrogens (tertiary/aromatic N) is 3. The predicted octanol–water partition coefficient (Wildman–Crippen LogP) is 5.36. The predicted molar refractivity (Wildman–Crippen MR) is 119 cm³/mol. The van der Waals surface area contributed by atoms with E-state index in [1.807, 2.05) is 54.0 Å². The fraction of sp³-hybridized carbons (Fsp3) is 0.136. The Morgan fingerprint density at radius 1 is 1.10 bits per heavy atom. The zero-order valence-electron chi connectivity index (χ0n) is 16.2. The number of furan rings is 1. The summed E-state index contributed by atoms with van der Waals surface area (Å²) in [6.07, 6.45) is 1.60. The van der Waals surface area contributed by atoms with Crippen molar-refractivity contribution in [2.24, 2.45) is 0 Å². The van der Waals surface area contributed by atoms with Crippen LogP contribution in [-0.2, 0) is 11.3 Å². The number of aromatic nitrogens is 3. The van der Waals surface area contributed by atoms with E-state index in [0.717, 1.165) is 5.56 Å². The topological polar surface area (TPSA) is 73.0 Å². The quantitative estimate of drug-likeness (QED) is 0.393. The fourth-order valence-electron chi connectivity index (χ4n) is 2.86. The Labute approximate surface area is 183 Å². The Morgan fingerprint density at radius 3 is 2.57 bits per heavy atom. The van der Waals surface area contributed by atoms with Crippen molar-refractivity contribution in [3.05, 3.63) is 83.6 Å². The van der Waals surface area contributed by atoms with Crippen molar-refractivity contribution in [3.8, 4) is 11.6 Å². The molecule has 152 valence electrons. The molecule has 0 aliphatic carbocycles. The molecule has 30 heavy (non-hydrogen) atoms. The molecule has 0 unspecified atom stereocenters. The first kappa shape index (κ1) is 20.3. The summed E-state index contributed by atoms with van der Waals surface area (Å²) in [6.45, 7) is 2.40. The van der Waals surface area contributed by atoms with Gasteiger partial charge in [0.25, 0.3) is 0 Å². The van der Waals surface area contributed by atoms with Crippen LogP contribution in [0.2, 0.25) is 5.02 Å². The highest BCUT2D eigenvalue weighted by molar-refractivity contribution is 8.00. The van der Waals surface area contributed by atoms with E-state index in [1.54, 1.807) is 30.5 Å². The second-order valence-electron chi connectivity index (χ2n) is 6.61. The maximum atomic E-state index is 12.7. The zero-order valence-corrected chi connectivity index (χ0v) is 17.7. The Bertz CT molecular complexity index is 1110. The zero-order chi connectivity index (χ0) is 20.9. The van der Waals surface area contributed by atoms with Crippen LogP contribution < -0.4 is 5.32 Å². The van der Waals surface area contributed by atoms with Gasteiger partial charge in [-0.15, -0.1) is 10.2 Å². The van der Waals surface area contributed by atoms with Crippen molar-refractivity contribution in [2.45, 2.75) is 23.9 Å². The fourth-order valence-corrected chi connectivity index (χ4v) is 3.84. The maximum Gasteiger partial charge on any atom is 0.237 e. The molecule has 1 amide bonds. The average Bonchev–Trinajstić information content (AvgIpc) is 3.41. The highest BCUT2D eigenvalue weighted by Crippen LogP contribution is 2.28. The van der Waals surface area contributed by atoms with E-state index in [2.05, 4.69) is 15.5 Å². The smallest absolute Gasteiger partial charge is 0.237 e. The molecule has 0 aliphatic heterocycles. The Morgan fingerprint density at radius 2 is 1.87 bits per heavy atom. The molecule has 1 N–H and O–H groups in total. The molecular formula is C22H19ClN4O2S. The number of benzene rings is 2. The molecule has 0 saturated carbocycles. The summed E-state index contributed by atoms with van der Waals surface area (Å²) in [4.78, 5) is 12.7. The number of nitrogens with one attached hydrogen (secondary N) is 1. The van der Waals surface area contributed by atoms with Gasteiger partial charge in [0.1, 0.15) is 0 Å². The van der Waals surface area contributed by atoms with E-state index in [4.69, 9.17) is 16.0 Å². The van der Waals surface area contributed by atoms with Crippen LogP contribution in [0.1, 0.15) is 12.5 Å². The van der Waals surface area contributed by atoms with Crippen LogP contribution in [0, 0.1) is 0 Å². The van der Waals surface area contributed by atoms with E-state index in [-0.39, 0.29) is 11.2 Å². The first-order chi connectivity index (χ1) is 14.6. The Hall–Kier alpha value is -3.03. The number of rotatable bonds is 7. The first-order valence-electron chi connectivity index (χ1n) is 9.34. The molecule has 8 heteroatoms. The van der Waals surface area contributed by atoms with Crippen molar-refractivity contribution >= 4 is 35.0 Å². The molecule has 2 aromatic heterocycles. The molecule has 2 heterocycles. The monoisotopic (exact) mass is 438 g/mol. The van der Waals surface area contributed by atoms with Crippen molar-refractivity contribution < 1.29 is 9.21 Å². The van der Waals surface area contributed by atoms with E-state index >= 15 is 0 Å². The molecule has 1 atom stereocenters. The lowest BCUT2D eigenvalue weighted by molar-refractivity contribution is -0.115. The minimum atomic E-state index is -0.385. The van der Waals surface area contributed by atoms with Crippen molar-refractivity contribution in [2.75, 3.05) is 5.32 Å². The summed E-state index contributed by atoms with van der Waals surface area (Å²) in [5.41, 5.74) is 1.80. The highest BCUT2D eigenvalue weighted by Gasteiger charge is 2.22. The van der Waals surface area contributed by atoms with Gasteiger partial charge in [-0.2, -0.15) is 0 Å². The molecule has 4 aromatic rings. The second kappa shape index (κ2) is 9.19. The number of carbonyl (C=O) groups excluding carboxylic acids is 1. The number of hydrogen-bond donors (Lipinski definition) is 1. The largest absolute Gasteiger partial charge is 0.461 e. The maximum absolute atomic E-state index is 12.7. The van der Waals surface area contributed by atoms with Crippen molar-refractivity contribution in [1.82, 2.24) is 14.8 Å². The van der Waals surface area contributed by atoms with Crippen LogP contribution >= 0.6 is 23.4 Å². The molecule has 0 spiro atoms. The van der Waals surface area contributed by atoms with E-state index in [9.17, 15) is 4.79 Å². The Kier molecular flexibility index (Phi) is 6.21. The van der Waals surface area contributed by atoms with Gasteiger partial charge in [0.05, 0.1) is 18.1 Å². The third-order valence-corrected chi connectivity index (χ3v) is 5.74. The molecule has 6 nitrogen and oxygen atoms in total. The van der Waals surface area contributed by atoms with Crippen LogP contribution in [0.3, 0.4) is 0 Å². The van der Waals surface area contributed by atoms with Gasteiger partial charge in [0.15, 0.2) is 10.9 Å². The summed E-state index contributed by atoms with van der Waals surface area (Å²) in [6, 6.07) is 20.7. The second-order valence-corrected chi connectivity index (χ2v) is 8.36. The number of anilines is 1. The highest BCUT2D eigenvalue weighted by atomic mass is 35.5. The summed E-state index contributed by atoms with van der Waals surface area (Å²) in [5, 5.41) is 12.4. The first-order valence-corrected chi connectivity index (χ1v) is 10.6. The van der Waals surface area contributed by atoms with Gasteiger partial charge >= 0.3 is 0 Å². The molecule has 2 aromatic carbocycles. The minimum Gasteiger partial charge on any atom is -0.461 e. The molecule has 0 radical (unpaired) electrons. The van der Waals surface area contributed by atoms with Gasteiger partial charge in [0, 0.05) is 10.7 Å². The standard InChI is InChI=1S/C22H19ClN4O2S/c1-15(21(28)24-18-11-9-17(23)10-12-18)30-22-26-25-20(19-8-5-13-29-19)27(22)14-16-6-3-2-4-7-16/h2-13,15H,14H2,1H3,(H,24,28)/t15-/m1/s1. The molecule has 0 bridgehead atoms. The van der Waals surface area contributed by atoms with Gasteiger partial charge in [0.2, 0.25) is 11.7 Å². The third kappa shape index (κ3) is 4.75. The van der Waals surface area contributed by atoms with Gasteiger partial charge in [-0.05, 0) is 48.9 Å². The number of hydrogen-bond acceptors (Lipinski definition) is 5. The van der Waals surface area contributed by atoms with E-state index in [1.165, 1.54) is 11.8 Å². The molecule has 0 saturated heterocycles. The van der Waals surface area contributed by atoms with Crippen LogP contribution in [0.4, 0.5) is 5.69 Å². The van der Waals surface area contributed by atoms with Crippen LogP contribution in [0.25, 0.3) is 11.6 Å². The summed E-state index contributed by atoms with van der Waals surface area (Å²) < 4.78 is 7.49. The lowest BCUT2D eigenvalue weighted by Gasteiger charge is -2.13. The summed E-state index contributed by atoms with van der Waals surface area (Å²) in [7, 11) is 0. The van der Waals surface area contributed by atoms with Gasteiger partial charge < -0.3 is 9.73 Å². The SMILES string of the molecule is C[C@@H](Sc1nnc(-c2ccco2)n1Cc1ccccc1)C(=O)Nc1ccc(Cl)cc1. The normalized spacial score (nSPS) is 11.9. The van der Waals surface area contributed by atoms with Gasteiger partial charge in [-0.1, -0.05) is 53.7 Å². The van der Waals surface area contributed by atoms with Crippen LogP contribution in [0.15, 0.2) is 82.6 Å².